The smallest absolute Gasteiger partial charge is 0.354 e. The predicted octanol–water partition coefficient (Wildman–Crippen LogP) is 0.452. The maximum Gasteiger partial charge on any atom is 0.354 e. The van der Waals surface area contributed by atoms with Gasteiger partial charge in [-0.2, -0.15) is 5.06 Å². The highest BCUT2D eigenvalue weighted by atomic mass is 16.5. The number of carboxylic acid groups (broad SMARTS) is 1. The van der Waals surface area contributed by atoms with Gasteiger partial charge in [-0.3, -0.25) is 24.2 Å². The number of pyridine rings is 1. The van der Waals surface area contributed by atoms with E-state index in [0.717, 1.165) is 0 Å². The number of carbonyl (C=O) groups is 3. The summed E-state index contributed by atoms with van der Waals surface area (Å²) in [6.45, 7) is 0.102. The minimum atomic E-state index is -1.25. The van der Waals surface area contributed by atoms with Crippen LogP contribution in [0, 0.1) is 0 Å². The Balaban J connectivity index is 1.73. The van der Waals surface area contributed by atoms with E-state index >= 15 is 0 Å². The minimum Gasteiger partial charge on any atom is -0.477 e. The third kappa shape index (κ3) is 2.81. The van der Waals surface area contributed by atoms with Crippen LogP contribution in [0.15, 0.2) is 41.6 Å². The molecular weight excluding hydrogens is 368 g/mol. The van der Waals surface area contributed by atoms with Gasteiger partial charge >= 0.3 is 5.97 Å². The minimum absolute atomic E-state index is 0.0911. The summed E-state index contributed by atoms with van der Waals surface area (Å²) in [5, 5.41) is 18.7. The number of fused-ring (bicyclic) bond motifs is 2. The first kappa shape index (κ1) is 17.5. The van der Waals surface area contributed by atoms with Gasteiger partial charge in [0.25, 0.3) is 17.4 Å². The van der Waals surface area contributed by atoms with Gasteiger partial charge in [0.1, 0.15) is 5.69 Å². The molecule has 10 nitrogen and oxygen atoms in total. The standard InChI is InChI=1S/C18H12N4O6/c23-15-4-10-3-9(1-2-11(10)17(25)22(15)28)7-21-8-20-14-6-19-13(18(26)27)5-12(14)16(21)24/h1-3,5-6,8,28H,4,7H2,(H,26,27). The number of imide groups is 1. The second-order valence-corrected chi connectivity index (χ2v) is 6.25. The second-order valence-electron chi connectivity index (χ2n) is 6.25. The molecule has 0 atom stereocenters. The van der Waals surface area contributed by atoms with Crippen LogP contribution < -0.4 is 5.56 Å². The quantitative estimate of drug-likeness (QED) is 0.493. The lowest BCUT2D eigenvalue weighted by Crippen LogP contribution is -2.39. The summed E-state index contributed by atoms with van der Waals surface area (Å²) in [5.41, 5.74) is 0.881. The highest BCUT2D eigenvalue weighted by Crippen LogP contribution is 2.20. The molecule has 3 heterocycles. The molecule has 28 heavy (non-hydrogen) atoms. The average Bonchev–Trinajstić information content (AvgIpc) is 2.68. The molecule has 1 aliphatic heterocycles. The second kappa shape index (κ2) is 6.35. The van der Waals surface area contributed by atoms with Crippen LogP contribution in [-0.4, -0.2) is 47.7 Å². The number of hydrogen-bond donors (Lipinski definition) is 2. The number of hydroxylamine groups is 2. The first-order chi connectivity index (χ1) is 13.3. The molecule has 10 heteroatoms. The van der Waals surface area contributed by atoms with Crippen molar-refractivity contribution in [3.8, 4) is 0 Å². The molecule has 0 saturated carbocycles. The Morgan fingerprint density at radius 3 is 2.68 bits per heavy atom. The number of aromatic nitrogens is 3. The van der Waals surface area contributed by atoms with Crippen molar-refractivity contribution in [2.75, 3.05) is 0 Å². The molecule has 4 rings (SSSR count). The molecule has 3 aromatic rings. The molecule has 0 unspecified atom stereocenters. The summed E-state index contributed by atoms with van der Waals surface area (Å²) in [6, 6.07) is 5.87. The van der Waals surface area contributed by atoms with E-state index in [0.29, 0.717) is 11.1 Å². The Morgan fingerprint density at radius 1 is 1.14 bits per heavy atom. The van der Waals surface area contributed by atoms with Gasteiger partial charge < -0.3 is 5.11 Å². The Kier molecular flexibility index (Phi) is 3.97. The van der Waals surface area contributed by atoms with Crippen LogP contribution in [-0.2, 0) is 17.8 Å². The lowest BCUT2D eigenvalue weighted by Gasteiger charge is -2.21. The van der Waals surface area contributed by atoms with Gasteiger partial charge in [0, 0.05) is 5.56 Å². The Bertz CT molecular complexity index is 1230. The number of rotatable bonds is 3. The van der Waals surface area contributed by atoms with E-state index in [4.69, 9.17) is 5.11 Å². The van der Waals surface area contributed by atoms with Gasteiger partial charge in [-0.25, -0.2) is 14.8 Å². The van der Waals surface area contributed by atoms with Gasteiger partial charge in [0.2, 0.25) is 0 Å². The van der Waals surface area contributed by atoms with E-state index < -0.39 is 23.3 Å². The molecular formula is C18H12N4O6. The van der Waals surface area contributed by atoms with Crippen LogP contribution in [0.25, 0.3) is 10.9 Å². The van der Waals surface area contributed by atoms with Crippen molar-refractivity contribution in [1.29, 1.82) is 0 Å². The maximum absolute atomic E-state index is 12.7. The number of nitrogens with zero attached hydrogens (tertiary/aromatic N) is 4. The molecule has 140 valence electrons. The van der Waals surface area contributed by atoms with Crippen molar-refractivity contribution in [2.45, 2.75) is 13.0 Å². The van der Waals surface area contributed by atoms with Crippen LogP contribution >= 0.6 is 0 Å². The van der Waals surface area contributed by atoms with E-state index in [1.54, 1.807) is 12.1 Å². The van der Waals surface area contributed by atoms with Gasteiger partial charge in [-0.05, 0) is 23.3 Å². The van der Waals surface area contributed by atoms with E-state index in [2.05, 4.69) is 9.97 Å². The molecule has 0 saturated heterocycles. The molecule has 0 radical (unpaired) electrons. The molecule has 1 aromatic carbocycles. The molecule has 1 aliphatic rings. The summed E-state index contributed by atoms with van der Waals surface area (Å²) >= 11 is 0. The van der Waals surface area contributed by atoms with Gasteiger partial charge in [-0.15, -0.1) is 0 Å². The van der Waals surface area contributed by atoms with Crippen LogP contribution in [0.1, 0.15) is 32.0 Å². The topological polar surface area (TPSA) is 143 Å². The predicted molar refractivity (Wildman–Crippen MR) is 93.0 cm³/mol. The van der Waals surface area contributed by atoms with Gasteiger partial charge in [0.15, 0.2) is 0 Å². The summed E-state index contributed by atoms with van der Waals surface area (Å²) in [6.07, 6.45) is 2.41. The summed E-state index contributed by atoms with van der Waals surface area (Å²) in [4.78, 5) is 55.2. The highest BCUT2D eigenvalue weighted by molar-refractivity contribution is 6.08. The molecule has 0 aliphatic carbocycles. The van der Waals surface area contributed by atoms with Gasteiger partial charge in [-0.1, -0.05) is 12.1 Å². The SMILES string of the molecule is O=C(O)c1cc2c(=O)n(Cc3ccc4c(c3)CC(=O)N(O)C4=O)cnc2cn1. The third-order valence-electron chi connectivity index (χ3n) is 4.45. The lowest BCUT2D eigenvalue weighted by atomic mass is 9.97. The van der Waals surface area contributed by atoms with Crippen LogP contribution in [0.3, 0.4) is 0 Å². The van der Waals surface area contributed by atoms with Crippen LogP contribution in [0.2, 0.25) is 0 Å². The van der Waals surface area contributed by atoms with Crippen molar-refractivity contribution in [2.24, 2.45) is 0 Å². The number of benzene rings is 1. The molecule has 2 aromatic heterocycles. The third-order valence-corrected chi connectivity index (χ3v) is 4.45. The zero-order valence-electron chi connectivity index (χ0n) is 14.2. The van der Waals surface area contributed by atoms with Crippen molar-refractivity contribution >= 4 is 28.7 Å². The van der Waals surface area contributed by atoms with Crippen molar-refractivity contribution < 1.29 is 24.7 Å². The zero-order valence-corrected chi connectivity index (χ0v) is 14.2. The van der Waals surface area contributed by atoms with E-state index in [9.17, 15) is 24.4 Å². The molecule has 0 spiro atoms. The van der Waals surface area contributed by atoms with Crippen LogP contribution in [0.4, 0.5) is 0 Å². The normalized spacial score (nSPS) is 13.7. The Labute approximate surface area is 156 Å². The number of amides is 2. The first-order valence-corrected chi connectivity index (χ1v) is 8.11. The largest absolute Gasteiger partial charge is 0.477 e. The highest BCUT2D eigenvalue weighted by Gasteiger charge is 2.30. The van der Waals surface area contributed by atoms with E-state index in [1.165, 1.54) is 29.2 Å². The fourth-order valence-corrected chi connectivity index (χ4v) is 3.05. The Hall–Kier alpha value is -3.92. The van der Waals surface area contributed by atoms with Crippen molar-refractivity contribution in [3.63, 3.8) is 0 Å². The van der Waals surface area contributed by atoms with Crippen molar-refractivity contribution in [1.82, 2.24) is 19.6 Å². The number of aromatic carboxylic acids is 1. The fraction of sp³-hybridized carbons (Fsp3) is 0.111. The zero-order chi connectivity index (χ0) is 20.0. The Morgan fingerprint density at radius 2 is 1.93 bits per heavy atom. The summed E-state index contributed by atoms with van der Waals surface area (Å²) in [7, 11) is 0. The molecule has 0 fully saturated rings. The summed E-state index contributed by atoms with van der Waals surface area (Å²) in [5.74, 6) is -2.78. The monoisotopic (exact) mass is 380 g/mol. The molecule has 2 N–H and O–H groups in total. The van der Waals surface area contributed by atoms with E-state index in [1.807, 2.05) is 0 Å². The van der Waals surface area contributed by atoms with Gasteiger partial charge in [0.05, 0.1) is 36.4 Å². The first-order valence-electron chi connectivity index (χ1n) is 8.11. The maximum atomic E-state index is 12.7. The molecule has 0 bridgehead atoms. The number of carbonyl (C=O) groups excluding carboxylic acids is 2. The fourth-order valence-electron chi connectivity index (χ4n) is 3.05. The van der Waals surface area contributed by atoms with E-state index in [-0.39, 0.29) is 40.2 Å². The number of carboxylic acids is 1. The lowest BCUT2D eigenvalue weighted by molar-refractivity contribution is -0.153. The van der Waals surface area contributed by atoms with Crippen LogP contribution in [0.5, 0.6) is 0 Å². The average molecular weight is 380 g/mol. The summed E-state index contributed by atoms with van der Waals surface area (Å²) < 4.78 is 1.29. The van der Waals surface area contributed by atoms with Crippen molar-refractivity contribution in [3.05, 3.63) is 69.5 Å². The number of hydrogen-bond acceptors (Lipinski definition) is 7. The molecule has 2 amide bonds.